The van der Waals surface area contributed by atoms with Gasteiger partial charge >= 0.3 is 0 Å². The number of morpholine rings is 1. The lowest BCUT2D eigenvalue weighted by Gasteiger charge is -2.24. The third kappa shape index (κ3) is 3.70. The quantitative estimate of drug-likeness (QED) is 0.605. The zero-order valence-electron chi connectivity index (χ0n) is 7.39. The molecule has 0 unspecified atom stereocenters. The van der Waals surface area contributed by atoms with E-state index in [0.29, 0.717) is 12.1 Å². The van der Waals surface area contributed by atoms with E-state index in [0.717, 1.165) is 26.3 Å². The molecule has 0 aromatic rings. The van der Waals surface area contributed by atoms with Crippen molar-refractivity contribution in [1.82, 2.24) is 10.6 Å². The van der Waals surface area contributed by atoms with Gasteiger partial charge in [0.15, 0.2) is 0 Å². The Hall–Kier alpha value is -0.120. The van der Waals surface area contributed by atoms with Gasteiger partial charge in [-0.3, -0.25) is 0 Å². The Labute approximate surface area is 68.5 Å². The number of rotatable bonds is 3. The van der Waals surface area contributed by atoms with E-state index in [1.54, 1.807) is 0 Å². The molecule has 0 aromatic heterocycles. The first-order chi connectivity index (χ1) is 5.29. The van der Waals surface area contributed by atoms with Crippen molar-refractivity contribution in [3.63, 3.8) is 0 Å². The molecular weight excluding hydrogens is 140 g/mol. The maximum atomic E-state index is 5.31. The Morgan fingerprint density at radius 2 is 2.45 bits per heavy atom. The molecule has 3 heteroatoms. The lowest BCUT2D eigenvalue weighted by Crippen LogP contribution is -2.48. The van der Waals surface area contributed by atoms with Gasteiger partial charge in [-0.25, -0.2) is 0 Å². The van der Waals surface area contributed by atoms with E-state index in [1.807, 2.05) is 0 Å². The van der Waals surface area contributed by atoms with Crippen molar-refractivity contribution in [3.8, 4) is 0 Å². The Morgan fingerprint density at radius 3 is 3.00 bits per heavy atom. The molecule has 0 bridgehead atoms. The van der Waals surface area contributed by atoms with Crippen LogP contribution in [0.5, 0.6) is 0 Å². The molecule has 0 spiro atoms. The summed E-state index contributed by atoms with van der Waals surface area (Å²) in [6.45, 7) is 8.02. The van der Waals surface area contributed by atoms with E-state index in [9.17, 15) is 0 Å². The predicted octanol–water partition coefficient (Wildman–Crippen LogP) is -0.0272. The first-order valence-corrected chi connectivity index (χ1v) is 4.33. The highest BCUT2D eigenvalue weighted by atomic mass is 16.5. The highest BCUT2D eigenvalue weighted by molar-refractivity contribution is 4.73. The lowest BCUT2D eigenvalue weighted by molar-refractivity contribution is 0.0761. The van der Waals surface area contributed by atoms with Crippen molar-refractivity contribution in [2.45, 2.75) is 25.9 Å². The molecule has 1 aliphatic rings. The van der Waals surface area contributed by atoms with Crippen LogP contribution < -0.4 is 10.6 Å². The fraction of sp³-hybridized carbons (Fsp3) is 1.00. The minimum atomic E-state index is 0.506. The van der Waals surface area contributed by atoms with Crippen molar-refractivity contribution in [3.05, 3.63) is 0 Å². The van der Waals surface area contributed by atoms with E-state index in [-0.39, 0.29) is 0 Å². The molecule has 2 N–H and O–H groups in total. The Kier molecular flexibility index (Phi) is 3.83. The summed E-state index contributed by atoms with van der Waals surface area (Å²) in [5, 5.41) is 6.76. The number of ether oxygens (including phenoxy) is 1. The topological polar surface area (TPSA) is 33.3 Å². The fourth-order valence-corrected chi connectivity index (χ4v) is 1.13. The van der Waals surface area contributed by atoms with Crippen LogP contribution >= 0.6 is 0 Å². The summed E-state index contributed by atoms with van der Waals surface area (Å²) < 4.78 is 5.31. The van der Waals surface area contributed by atoms with Crippen molar-refractivity contribution < 1.29 is 4.74 Å². The normalized spacial score (nSPS) is 25.9. The summed E-state index contributed by atoms with van der Waals surface area (Å²) >= 11 is 0. The number of hydrogen-bond donors (Lipinski definition) is 2. The predicted molar refractivity (Wildman–Crippen MR) is 45.7 cm³/mol. The zero-order valence-corrected chi connectivity index (χ0v) is 7.39. The second-order valence-electron chi connectivity index (χ2n) is 3.29. The summed E-state index contributed by atoms with van der Waals surface area (Å²) in [4.78, 5) is 0. The number of nitrogens with one attached hydrogen (secondary N) is 2. The van der Waals surface area contributed by atoms with E-state index in [2.05, 4.69) is 24.5 Å². The van der Waals surface area contributed by atoms with Crippen molar-refractivity contribution in [2.24, 2.45) is 0 Å². The van der Waals surface area contributed by atoms with Crippen LogP contribution in [0.1, 0.15) is 13.8 Å². The van der Waals surface area contributed by atoms with Crippen LogP contribution in [0.25, 0.3) is 0 Å². The zero-order chi connectivity index (χ0) is 8.10. The maximum Gasteiger partial charge on any atom is 0.0632 e. The fourth-order valence-electron chi connectivity index (χ4n) is 1.13. The van der Waals surface area contributed by atoms with E-state index < -0.39 is 0 Å². The summed E-state index contributed by atoms with van der Waals surface area (Å²) in [6.07, 6.45) is 0. The van der Waals surface area contributed by atoms with Gasteiger partial charge in [0.2, 0.25) is 0 Å². The van der Waals surface area contributed by atoms with Gasteiger partial charge in [-0.2, -0.15) is 0 Å². The van der Waals surface area contributed by atoms with Crippen molar-refractivity contribution in [1.29, 1.82) is 0 Å². The molecule has 0 amide bonds. The van der Waals surface area contributed by atoms with Crippen LogP contribution in [0.2, 0.25) is 0 Å². The van der Waals surface area contributed by atoms with Gasteiger partial charge in [0.1, 0.15) is 0 Å². The van der Waals surface area contributed by atoms with E-state index in [4.69, 9.17) is 4.74 Å². The molecule has 11 heavy (non-hydrogen) atoms. The summed E-state index contributed by atoms with van der Waals surface area (Å²) in [6, 6.07) is 1.07. The maximum absolute atomic E-state index is 5.31. The molecule has 1 saturated heterocycles. The molecule has 1 aliphatic heterocycles. The van der Waals surface area contributed by atoms with E-state index in [1.165, 1.54) is 0 Å². The second-order valence-corrected chi connectivity index (χ2v) is 3.29. The van der Waals surface area contributed by atoms with Crippen molar-refractivity contribution in [2.75, 3.05) is 26.3 Å². The Bertz CT molecular complexity index is 100. The monoisotopic (exact) mass is 158 g/mol. The number of hydrogen-bond acceptors (Lipinski definition) is 3. The molecule has 1 fully saturated rings. The first-order valence-electron chi connectivity index (χ1n) is 4.33. The van der Waals surface area contributed by atoms with E-state index >= 15 is 0 Å². The van der Waals surface area contributed by atoms with Gasteiger partial charge in [0.25, 0.3) is 0 Å². The second kappa shape index (κ2) is 4.70. The Balaban J connectivity index is 2.05. The van der Waals surface area contributed by atoms with Crippen molar-refractivity contribution >= 4 is 0 Å². The average Bonchev–Trinajstić information content (AvgIpc) is 2.03. The minimum Gasteiger partial charge on any atom is -0.378 e. The minimum absolute atomic E-state index is 0.506. The van der Waals surface area contributed by atoms with Crippen LogP contribution in [0.15, 0.2) is 0 Å². The SMILES string of the molecule is CC(C)NC[C@H]1COCCN1. The highest BCUT2D eigenvalue weighted by Crippen LogP contribution is 1.91. The van der Waals surface area contributed by atoms with Gasteiger partial charge in [0.05, 0.1) is 13.2 Å². The summed E-state index contributed by atoms with van der Waals surface area (Å²) in [7, 11) is 0. The Morgan fingerprint density at radius 1 is 1.64 bits per heavy atom. The molecule has 1 rings (SSSR count). The molecule has 0 aromatic carbocycles. The van der Waals surface area contributed by atoms with Gasteiger partial charge < -0.3 is 15.4 Å². The summed E-state index contributed by atoms with van der Waals surface area (Å²) in [5.74, 6) is 0. The first kappa shape index (κ1) is 8.97. The lowest BCUT2D eigenvalue weighted by atomic mass is 10.2. The van der Waals surface area contributed by atoms with Crippen LogP contribution in [-0.2, 0) is 4.74 Å². The molecule has 1 heterocycles. The standard InChI is InChI=1S/C8H18N2O/c1-7(2)10-5-8-6-11-4-3-9-8/h7-10H,3-6H2,1-2H3/t8-/m0/s1. The smallest absolute Gasteiger partial charge is 0.0632 e. The molecule has 3 nitrogen and oxygen atoms in total. The van der Waals surface area contributed by atoms with Gasteiger partial charge in [-0.15, -0.1) is 0 Å². The third-order valence-corrected chi connectivity index (χ3v) is 1.77. The summed E-state index contributed by atoms with van der Waals surface area (Å²) in [5.41, 5.74) is 0. The van der Waals surface area contributed by atoms with Gasteiger partial charge in [-0.05, 0) is 0 Å². The van der Waals surface area contributed by atoms with Gasteiger partial charge in [0, 0.05) is 25.2 Å². The molecule has 0 radical (unpaired) electrons. The van der Waals surface area contributed by atoms with Crippen LogP contribution in [0, 0.1) is 0 Å². The molecule has 66 valence electrons. The van der Waals surface area contributed by atoms with Gasteiger partial charge in [-0.1, -0.05) is 13.8 Å². The molecule has 0 saturated carbocycles. The van der Waals surface area contributed by atoms with Crippen LogP contribution in [-0.4, -0.2) is 38.4 Å². The molecule has 0 aliphatic carbocycles. The molecule has 1 atom stereocenters. The highest BCUT2D eigenvalue weighted by Gasteiger charge is 2.11. The largest absolute Gasteiger partial charge is 0.378 e. The third-order valence-electron chi connectivity index (χ3n) is 1.77. The van der Waals surface area contributed by atoms with Crippen LogP contribution in [0.3, 0.4) is 0 Å². The average molecular weight is 158 g/mol. The van der Waals surface area contributed by atoms with Crippen LogP contribution in [0.4, 0.5) is 0 Å². The molecular formula is C8H18N2O.